The van der Waals surface area contributed by atoms with Crippen LogP contribution in [-0.2, 0) is 12.8 Å². The molecule has 5 rings (SSSR count). The molecule has 1 fully saturated rings. The van der Waals surface area contributed by atoms with Gasteiger partial charge in [-0.05, 0) is 97.8 Å². The number of nitrogens with one attached hydrogen (secondary N) is 2. The van der Waals surface area contributed by atoms with Gasteiger partial charge < -0.3 is 15.2 Å². The van der Waals surface area contributed by atoms with Gasteiger partial charge in [-0.2, -0.15) is 0 Å². The Hall–Kier alpha value is -4.12. The van der Waals surface area contributed by atoms with Gasteiger partial charge in [-0.25, -0.2) is 0 Å². The van der Waals surface area contributed by atoms with Crippen molar-refractivity contribution in [1.29, 1.82) is 0 Å². The first kappa shape index (κ1) is 26.5. The van der Waals surface area contributed by atoms with Crippen molar-refractivity contribution in [3.05, 3.63) is 113 Å². The molecule has 5 heteroatoms. The quantitative estimate of drug-likeness (QED) is 0.225. The van der Waals surface area contributed by atoms with E-state index in [9.17, 15) is 9.59 Å². The Morgan fingerprint density at radius 2 is 1.33 bits per heavy atom. The zero-order chi connectivity index (χ0) is 27.4. The molecule has 2 N–H and O–H groups in total. The van der Waals surface area contributed by atoms with Crippen molar-refractivity contribution < 1.29 is 9.59 Å². The fourth-order valence-electron chi connectivity index (χ4n) is 5.35. The van der Waals surface area contributed by atoms with Crippen LogP contribution in [0.25, 0.3) is 0 Å². The number of nitrogens with zero attached hydrogens (tertiary/aromatic N) is 1. The molecule has 0 radical (unpaired) electrons. The summed E-state index contributed by atoms with van der Waals surface area (Å²) in [5.74, 6) is 1.06. The van der Waals surface area contributed by atoms with E-state index in [0.29, 0.717) is 12.8 Å². The summed E-state index contributed by atoms with van der Waals surface area (Å²) in [5.41, 5.74) is 8.54. The van der Waals surface area contributed by atoms with Crippen molar-refractivity contribution in [3.63, 3.8) is 0 Å². The van der Waals surface area contributed by atoms with E-state index < -0.39 is 0 Å². The Labute approximate surface area is 231 Å². The van der Waals surface area contributed by atoms with Crippen molar-refractivity contribution in [2.75, 3.05) is 23.3 Å². The lowest BCUT2D eigenvalue weighted by atomic mass is 9.98. The van der Waals surface area contributed by atoms with Crippen molar-refractivity contribution in [2.24, 2.45) is 5.92 Å². The lowest BCUT2D eigenvalue weighted by Crippen LogP contribution is -2.32. The van der Waals surface area contributed by atoms with E-state index in [2.05, 4.69) is 34.3 Å². The summed E-state index contributed by atoms with van der Waals surface area (Å²) in [7, 11) is 0. The molecule has 0 atom stereocenters. The molecule has 3 aromatic carbocycles. The van der Waals surface area contributed by atoms with Gasteiger partial charge in [-0.3, -0.25) is 9.59 Å². The molecule has 4 aromatic rings. The van der Waals surface area contributed by atoms with Crippen LogP contribution in [0.15, 0.2) is 79.0 Å². The monoisotopic (exact) mass is 519 g/mol. The van der Waals surface area contributed by atoms with E-state index in [-0.39, 0.29) is 11.6 Å². The highest BCUT2D eigenvalue weighted by Gasteiger charge is 2.17. The van der Waals surface area contributed by atoms with E-state index in [4.69, 9.17) is 0 Å². The van der Waals surface area contributed by atoms with Gasteiger partial charge >= 0.3 is 0 Å². The summed E-state index contributed by atoms with van der Waals surface area (Å²) in [5, 5.41) is 3.40. The Morgan fingerprint density at radius 3 is 1.85 bits per heavy atom. The smallest absolute Gasteiger partial charge is 0.169 e. The van der Waals surface area contributed by atoms with Crippen LogP contribution in [0.1, 0.15) is 62.9 Å². The molecule has 1 aromatic heterocycles. The van der Waals surface area contributed by atoms with Crippen LogP contribution in [0.4, 0.5) is 17.1 Å². The number of aryl methyl sites for hydroxylation is 2. The highest BCUT2D eigenvalue weighted by molar-refractivity contribution is 6.00. The van der Waals surface area contributed by atoms with Crippen LogP contribution < -0.4 is 10.2 Å². The Kier molecular flexibility index (Phi) is 7.97. The molecule has 0 amide bonds. The minimum absolute atomic E-state index is 0.129. The molecule has 200 valence electrons. The number of hydrogen-bond acceptors (Lipinski definition) is 4. The Balaban J connectivity index is 1.14. The minimum atomic E-state index is 0.129. The zero-order valence-corrected chi connectivity index (χ0v) is 23.1. The van der Waals surface area contributed by atoms with E-state index >= 15 is 0 Å². The van der Waals surface area contributed by atoms with Gasteiger partial charge in [0.15, 0.2) is 11.6 Å². The molecule has 1 aliphatic rings. The number of Topliss-reactive ketones (excluding diaryl/α,β-unsaturated/α-hetero) is 2. The predicted octanol–water partition coefficient (Wildman–Crippen LogP) is 7.46. The maximum Gasteiger partial charge on any atom is 0.169 e. The molecular weight excluding hydrogens is 482 g/mol. The maximum atomic E-state index is 12.9. The number of hydrogen-bond donors (Lipinski definition) is 2. The fourth-order valence-corrected chi connectivity index (χ4v) is 5.35. The number of aromatic nitrogens is 1. The van der Waals surface area contributed by atoms with Crippen LogP contribution in [0.3, 0.4) is 0 Å². The topological polar surface area (TPSA) is 65.2 Å². The fraction of sp³-hybridized carbons (Fsp3) is 0.294. The molecule has 1 saturated heterocycles. The SMILES string of the molecule is Cc1c[nH]c(C)c1C(=O)Cc1ccc(Nc2ccc(CC(=O)c3ccc(N4CCC(C)CC4)cc3)cc2)cc1. The lowest BCUT2D eigenvalue weighted by molar-refractivity contribution is 0.0984. The summed E-state index contributed by atoms with van der Waals surface area (Å²) < 4.78 is 0. The first-order valence-electron chi connectivity index (χ1n) is 13.9. The molecule has 5 nitrogen and oxygen atoms in total. The molecule has 0 saturated carbocycles. The number of ketones is 2. The van der Waals surface area contributed by atoms with Gasteiger partial charge in [-0.15, -0.1) is 0 Å². The van der Waals surface area contributed by atoms with E-state index in [1.807, 2.05) is 80.7 Å². The second kappa shape index (κ2) is 11.7. The molecule has 39 heavy (non-hydrogen) atoms. The van der Waals surface area contributed by atoms with Gasteiger partial charge in [0.25, 0.3) is 0 Å². The van der Waals surface area contributed by atoms with Crippen LogP contribution in [0.2, 0.25) is 0 Å². The number of carbonyl (C=O) groups excluding carboxylic acids is 2. The average molecular weight is 520 g/mol. The summed E-state index contributed by atoms with van der Waals surface area (Å²) in [6, 6.07) is 24.0. The second-order valence-corrected chi connectivity index (χ2v) is 10.9. The predicted molar refractivity (Wildman–Crippen MR) is 160 cm³/mol. The van der Waals surface area contributed by atoms with E-state index in [1.165, 1.54) is 18.5 Å². The zero-order valence-electron chi connectivity index (χ0n) is 23.1. The standard InChI is InChI=1S/C34H37N3O2/c1-23-16-18-37(19-17-23)31-14-8-28(9-15-31)32(38)20-26-4-10-29(11-5-26)36-30-12-6-27(7-13-30)21-33(39)34-24(2)22-35-25(34)3/h4-15,22-23,35-36H,16-21H2,1-3H3. The van der Waals surface area contributed by atoms with Gasteiger partial charge in [0.1, 0.15) is 0 Å². The van der Waals surface area contributed by atoms with Gasteiger partial charge in [0, 0.05) is 66.0 Å². The van der Waals surface area contributed by atoms with Crippen molar-refractivity contribution in [1.82, 2.24) is 4.98 Å². The first-order valence-corrected chi connectivity index (χ1v) is 13.9. The van der Waals surface area contributed by atoms with Crippen molar-refractivity contribution in [3.8, 4) is 0 Å². The highest BCUT2D eigenvalue weighted by atomic mass is 16.1. The van der Waals surface area contributed by atoms with Crippen LogP contribution in [0.5, 0.6) is 0 Å². The van der Waals surface area contributed by atoms with Crippen molar-refractivity contribution >= 4 is 28.6 Å². The highest BCUT2D eigenvalue weighted by Crippen LogP contribution is 2.24. The number of carbonyl (C=O) groups is 2. The molecular formula is C34H37N3O2. The number of benzene rings is 3. The number of rotatable bonds is 9. The number of H-pyrrole nitrogens is 1. The molecule has 0 spiro atoms. The third-order valence-electron chi connectivity index (χ3n) is 7.82. The summed E-state index contributed by atoms with van der Waals surface area (Å²) in [6.07, 6.45) is 5.09. The normalized spacial score (nSPS) is 13.9. The molecule has 0 bridgehead atoms. The van der Waals surface area contributed by atoms with Gasteiger partial charge in [-0.1, -0.05) is 31.2 Å². The molecule has 0 unspecified atom stereocenters. The van der Waals surface area contributed by atoms with Crippen molar-refractivity contribution in [2.45, 2.75) is 46.5 Å². The molecule has 1 aliphatic heterocycles. The number of piperidine rings is 1. The third kappa shape index (κ3) is 6.48. The van der Waals surface area contributed by atoms with E-state index in [1.54, 1.807) is 0 Å². The average Bonchev–Trinajstić information content (AvgIpc) is 3.29. The maximum absolute atomic E-state index is 12.9. The largest absolute Gasteiger partial charge is 0.372 e. The molecule has 0 aliphatic carbocycles. The Morgan fingerprint density at radius 1 is 0.795 bits per heavy atom. The lowest BCUT2D eigenvalue weighted by Gasteiger charge is -2.32. The summed E-state index contributed by atoms with van der Waals surface area (Å²) in [6.45, 7) is 8.39. The van der Waals surface area contributed by atoms with Gasteiger partial charge in [0.2, 0.25) is 0 Å². The van der Waals surface area contributed by atoms with Gasteiger partial charge in [0.05, 0.1) is 0 Å². The first-order chi connectivity index (χ1) is 18.9. The molecule has 2 heterocycles. The Bertz CT molecular complexity index is 1410. The van der Waals surface area contributed by atoms with Crippen LogP contribution >= 0.6 is 0 Å². The third-order valence-corrected chi connectivity index (χ3v) is 7.82. The number of aromatic amines is 1. The summed E-state index contributed by atoms with van der Waals surface area (Å²) >= 11 is 0. The number of anilines is 3. The van der Waals surface area contributed by atoms with Crippen LogP contribution in [-0.4, -0.2) is 29.6 Å². The summed E-state index contributed by atoms with van der Waals surface area (Å²) in [4.78, 5) is 31.1. The van der Waals surface area contributed by atoms with E-state index in [0.717, 1.165) is 63.9 Å². The minimum Gasteiger partial charge on any atom is -0.372 e. The van der Waals surface area contributed by atoms with Crippen LogP contribution in [0, 0.1) is 19.8 Å². The second-order valence-electron chi connectivity index (χ2n) is 10.9.